The SMILES string of the molecule is CCOc1cc2c(cc1OC)C(c1cncnc1)=N[C@@H]1CC[C@@H](O)C[C@H]21.O=C(O)[C@H](O)[C@@H](O)C(=O)O. The third-order valence-corrected chi connectivity index (χ3v) is 6.01. The number of aliphatic hydroxyl groups excluding tert-OH is 3. The summed E-state index contributed by atoms with van der Waals surface area (Å²) in [7, 11) is 1.64. The standard InChI is InChI=1S/C20H23N3O3.C4H6O6/c1-3-26-19-7-14-15-6-13(24)4-5-17(15)23-20(12-9-21-11-22-10-12)16(14)8-18(19)25-2;5-1(3(7)8)2(6)4(9)10/h7-11,13,15,17,24H,3-6H2,1-2H3;1-2,5-6H,(H,7,8)(H,9,10)/t13-,15-,17-;1-,2-/m11/s1. The number of ether oxygens (including phenoxy) is 2. The molecule has 0 spiro atoms. The number of aliphatic hydroxyl groups is 3. The van der Waals surface area contributed by atoms with Crippen molar-refractivity contribution in [3.05, 3.63) is 47.5 Å². The molecule has 1 aromatic carbocycles. The van der Waals surface area contributed by atoms with Crippen LogP contribution in [-0.4, -0.2) is 91.2 Å². The molecule has 0 amide bonds. The topological polar surface area (TPSA) is 192 Å². The van der Waals surface area contributed by atoms with E-state index in [0.717, 1.165) is 47.4 Å². The van der Waals surface area contributed by atoms with E-state index in [2.05, 4.69) is 16.0 Å². The molecule has 2 aromatic rings. The number of carbonyl (C=O) groups is 2. The van der Waals surface area contributed by atoms with Crippen LogP contribution in [0.25, 0.3) is 0 Å². The van der Waals surface area contributed by atoms with Crippen LogP contribution in [0.15, 0.2) is 35.8 Å². The van der Waals surface area contributed by atoms with Crippen LogP contribution in [0.3, 0.4) is 0 Å². The molecule has 1 fully saturated rings. The van der Waals surface area contributed by atoms with Crippen LogP contribution in [0.5, 0.6) is 11.5 Å². The smallest absolute Gasteiger partial charge is 0.335 e. The van der Waals surface area contributed by atoms with Gasteiger partial charge in [0.2, 0.25) is 0 Å². The van der Waals surface area contributed by atoms with E-state index >= 15 is 0 Å². The highest BCUT2D eigenvalue weighted by molar-refractivity contribution is 6.14. The highest BCUT2D eigenvalue weighted by atomic mass is 16.5. The lowest BCUT2D eigenvalue weighted by atomic mass is 9.74. The largest absolute Gasteiger partial charge is 0.493 e. The Kier molecular flexibility index (Phi) is 8.91. The number of hydrogen-bond donors (Lipinski definition) is 5. The van der Waals surface area contributed by atoms with Gasteiger partial charge in [-0.25, -0.2) is 19.6 Å². The molecule has 0 bridgehead atoms. The molecule has 36 heavy (non-hydrogen) atoms. The first-order valence-electron chi connectivity index (χ1n) is 11.4. The zero-order valence-electron chi connectivity index (χ0n) is 19.8. The van der Waals surface area contributed by atoms with Crippen molar-refractivity contribution < 1.29 is 44.6 Å². The van der Waals surface area contributed by atoms with Crippen LogP contribution in [0.2, 0.25) is 0 Å². The first kappa shape index (κ1) is 27.0. The first-order valence-corrected chi connectivity index (χ1v) is 11.4. The summed E-state index contributed by atoms with van der Waals surface area (Å²) in [6, 6.07) is 4.21. The van der Waals surface area contributed by atoms with E-state index in [9.17, 15) is 14.7 Å². The summed E-state index contributed by atoms with van der Waals surface area (Å²) in [6.07, 6.45) is 2.66. The number of aliphatic imine (C=N–C) groups is 1. The van der Waals surface area contributed by atoms with Crippen molar-refractivity contribution in [2.45, 2.75) is 56.5 Å². The van der Waals surface area contributed by atoms with Crippen LogP contribution in [-0.2, 0) is 9.59 Å². The Hall–Kier alpha value is -3.61. The minimum Gasteiger partial charge on any atom is -0.493 e. The average molecular weight is 504 g/mol. The minimum absolute atomic E-state index is 0.156. The van der Waals surface area contributed by atoms with Gasteiger partial charge >= 0.3 is 11.9 Å². The maximum absolute atomic E-state index is 10.2. The molecule has 0 radical (unpaired) electrons. The van der Waals surface area contributed by atoms with Crippen LogP contribution < -0.4 is 9.47 Å². The molecule has 1 aromatic heterocycles. The number of rotatable bonds is 7. The molecule has 0 unspecified atom stereocenters. The number of aliphatic carboxylic acids is 2. The highest BCUT2D eigenvalue weighted by Crippen LogP contribution is 2.44. The third kappa shape index (κ3) is 5.96. The van der Waals surface area contributed by atoms with E-state index in [-0.39, 0.29) is 18.1 Å². The molecule has 4 rings (SSSR count). The van der Waals surface area contributed by atoms with Crippen molar-refractivity contribution in [3.63, 3.8) is 0 Å². The molecule has 1 aliphatic carbocycles. The van der Waals surface area contributed by atoms with Gasteiger partial charge in [-0.3, -0.25) is 4.99 Å². The molecule has 5 N–H and O–H groups in total. The van der Waals surface area contributed by atoms with E-state index in [1.54, 1.807) is 19.5 Å². The molecule has 5 atom stereocenters. The molecule has 1 saturated carbocycles. The molecule has 12 heteroatoms. The number of methoxy groups -OCH3 is 1. The molecule has 2 heterocycles. The maximum atomic E-state index is 10.2. The van der Waals surface area contributed by atoms with Gasteiger partial charge in [0.1, 0.15) is 6.33 Å². The van der Waals surface area contributed by atoms with Gasteiger partial charge in [-0.05, 0) is 43.9 Å². The second kappa shape index (κ2) is 11.9. The Morgan fingerprint density at radius 3 is 2.25 bits per heavy atom. The Bertz CT molecular complexity index is 1090. The molecule has 12 nitrogen and oxygen atoms in total. The maximum Gasteiger partial charge on any atom is 0.335 e. The Morgan fingerprint density at radius 2 is 1.69 bits per heavy atom. The fourth-order valence-electron chi connectivity index (χ4n) is 4.29. The van der Waals surface area contributed by atoms with Crippen molar-refractivity contribution in [1.82, 2.24) is 9.97 Å². The van der Waals surface area contributed by atoms with Gasteiger partial charge in [0.05, 0.1) is 31.6 Å². The van der Waals surface area contributed by atoms with Crippen LogP contribution >= 0.6 is 0 Å². The van der Waals surface area contributed by atoms with E-state index in [0.29, 0.717) is 12.4 Å². The van der Waals surface area contributed by atoms with Crippen LogP contribution in [0.4, 0.5) is 0 Å². The summed E-state index contributed by atoms with van der Waals surface area (Å²) in [6.45, 7) is 2.53. The zero-order valence-corrected chi connectivity index (χ0v) is 19.8. The Balaban J connectivity index is 0.000000308. The van der Waals surface area contributed by atoms with Crippen LogP contribution in [0.1, 0.15) is 48.8 Å². The highest BCUT2D eigenvalue weighted by Gasteiger charge is 2.37. The predicted molar refractivity (Wildman–Crippen MR) is 126 cm³/mol. The van der Waals surface area contributed by atoms with Gasteiger partial charge in [0.25, 0.3) is 0 Å². The second-order valence-corrected chi connectivity index (χ2v) is 8.34. The van der Waals surface area contributed by atoms with Gasteiger partial charge in [-0.2, -0.15) is 0 Å². The van der Waals surface area contributed by atoms with Crippen molar-refractivity contribution in [2.24, 2.45) is 4.99 Å². The van der Waals surface area contributed by atoms with Crippen molar-refractivity contribution in [1.29, 1.82) is 0 Å². The number of nitrogens with zero attached hydrogens (tertiary/aromatic N) is 3. The summed E-state index contributed by atoms with van der Waals surface area (Å²) in [4.78, 5) is 32.9. The zero-order chi connectivity index (χ0) is 26.4. The van der Waals surface area contributed by atoms with E-state index in [1.807, 2.05) is 13.0 Å². The molecule has 194 valence electrons. The molecule has 2 aliphatic rings. The monoisotopic (exact) mass is 503 g/mol. The fraction of sp³-hybridized carbons (Fsp3) is 0.458. The third-order valence-electron chi connectivity index (χ3n) is 6.01. The van der Waals surface area contributed by atoms with Crippen molar-refractivity contribution in [3.8, 4) is 11.5 Å². The van der Waals surface area contributed by atoms with Gasteiger partial charge in [-0.15, -0.1) is 0 Å². The summed E-state index contributed by atoms with van der Waals surface area (Å²) in [5.41, 5.74) is 3.95. The van der Waals surface area contributed by atoms with Gasteiger partial charge < -0.3 is 35.0 Å². The van der Waals surface area contributed by atoms with Gasteiger partial charge in [0, 0.05) is 29.4 Å². The van der Waals surface area contributed by atoms with E-state index < -0.39 is 24.1 Å². The number of hydrogen-bond acceptors (Lipinski definition) is 10. The van der Waals surface area contributed by atoms with E-state index in [1.165, 1.54) is 6.33 Å². The molecule has 1 aliphatic heterocycles. The average Bonchev–Trinajstić information content (AvgIpc) is 2.88. The lowest BCUT2D eigenvalue weighted by Gasteiger charge is -2.37. The summed E-state index contributed by atoms with van der Waals surface area (Å²) in [5.74, 6) is -1.93. The lowest BCUT2D eigenvalue weighted by Crippen LogP contribution is -2.39. The minimum atomic E-state index is -2.27. The van der Waals surface area contributed by atoms with Gasteiger partial charge in [-0.1, -0.05) is 0 Å². The summed E-state index contributed by atoms with van der Waals surface area (Å²) < 4.78 is 11.3. The molecular weight excluding hydrogens is 474 g/mol. The summed E-state index contributed by atoms with van der Waals surface area (Å²) >= 11 is 0. The second-order valence-electron chi connectivity index (χ2n) is 8.34. The normalized spacial score (nSPS) is 21.9. The van der Waals surface area contributed by atoms with Crippen molar-refractivity contribution >= 4 is 17.7 Å². The molecular formula is C24H29N3O9. The molecule has 0 saturated heterocycles. The number of carboxylic acid groups (broad SMARTS) is 2. The number of carboxylic acids is 2. The van der Waals surface area contributed by atoms with Gasteiger partial charge in [0.15, 0.2) is 23.7 Å². The van der Waals surface area contributed by atoms with Crippen molar-refractivity contribution in [2.75, 3.05) is 13.7 Å². The Morgan fingerprint density at radius 1 is 1.06 bits per heavy atom. The summed E-state index contributed by atoms with van der Waals surface area (Å²) in [5, 5.41) is 42.7. The van der Waals surface area contributed by atoms with Crippen LogP contribution in [0, 0.1) is 0 Å². The first-order chi connectivity index (χ1) is 17.2. The van der Waals surface area contributed by atoms with E-state index in [4.69, 9.17) is 34.9 Å². The quantitative estimate of drug-likeness (QED) is 0.355. The predicted octanol–water partition coefficient (Wildman–Crippen LogP) is 0.609. The lowest BCUT2D eigenvalue weighted by molar-refractivity contribution is -0.165. The number of fused-ring (bicyclic) bond motifs is 3. The fourth-order valence-corrected chi connectivity index (χ4v) is 4.29. The number of aromatic nitrogens is 2. The number of benzene rings is 1. The Labute approximate surface area is 206 Å².